The van der Waals surface area contributed by atoms with Gasteiger partial charge in [-0.05, 0) is 111 Å². The lowest BCUT2D eigenvalue weighted by molar-refractivity contribution is -0.154. The van der Waals surface area contributed by atoms with Gasteiger partial charge < -0.3 is 15.2 Å². The summed E-state index contributed by atoms with van der Waals surface area (Å²) >= 11 is 5.46. The van der Waals surface area contributed by atoms with Gasteiger partial charge >= 0.3 is 12.0 Å². The van der Waals surface area contributed by atoms with E-state index in [1.807, 2.05) is 12.1 Å². The molecule has 39 heavy (non-hydrogen) atoms. The zero-order valence-corrected chi connectivity index (χ0v) is 24.3. The summed E-state index contributed by atoms with van der Waals surface area (Å²) in [4.78, 5) is 33.4. The summed E-state index contributed by atoms with van der Waals surface area (Å²) in [5.74, 6) is 3.17. The fourth-order valence-electron chi connectivity index (χ4n) is 7.83. The first-order valence-corrected chi connectivity index (χ1v) is 15.2. The second-order valence-corrected chi connectivity index (χ2v) is 12.7. The number of alkyl halides is 1. The molecule has 0 bridgehead atoms. The molecule has 0 saturated heterocycles. The number of urea groups is 1. The fraction of sp³-hybridized carbons (Fsp3) is 0.733. The van der Waals surface area contributed by atoms with Gasteiger partial charge in [0.1, 0.15) is 11.9 Å². The molecule has 5 unspecified atom stereocenters. The molecule has 4 aliphatic carbocycles. The van der Waals surface area contributed by atoms with Gasteiger partial charge in [0.25, 0.3) is 0 Å². The Bertz CT molecular complexity index is 1030. The van der Waals surface area contributed by atoms with Crippen LogP contribution in [0.2, 0.25) is 0 Å². The lowest BCUT2D eigenvalue weighted by Gasteiger charge is -2.50. The summed E-state index contributed by atoms with van der Waals surface area (Å²) in [6.45, 7) is 6.25. The molecule has 9 heteroatoms. The van der Waals surface area contributed by atoms with E-state index in [1.165, 1.54) is 37.3 Å². The normalized spacial score (nSPS) is 32.8. The van der Waals surface area contributed by atoms with Gasteiger partial charge in [-0.2, -0.15) is 5.01 Å². The minimum absolute atomic E-state index is 0.104. The SMILES string of the molecule is CC(=O)OC1CCC2C3CCc4cc(O)ccc4C3CCC12C.CC1CCC(NC(=O)N(CCCl)N=O)CC1. The maximum atomic E-state index is 11.6. The molecular weight excluding hydrogens is 518 g/mol. The lowest BCUT2D eigenvalue weighted by Crippen LogP contribution is -2.45. The number of aryl methyl sites for hydroxylation is 1. The van der Waals surface area contributed by atoms with E-state index >= 15 is 0 Å². The maximum absolute atomic E-state index is 11.6. The first-order valence-electron chi connectivity index (χ1n) is 14.6. The van der Waals surface area contributed by atoms with Gasteiger partial charge in [-0.15, -0.1) is 16.5 Å². The Balaban J connectivity index is 0.000000195. The predicted molar refractivity (Wildman–Crippen MR) is 151 cm³/mol. The van der Waals surface area contributed by atoms with Gasteiger partial charge in [0, 0.05) is 24.3 Å². The van der Waals surface area contributed by atoms with Crippen molar-refractivity contribution in [1.82, 2.24) is 10.3 Å². The third-order valence-corrected chi connectivity index (χ3v) is 10.1. The average Bonchev–Trinajstić information content (AvgIpc) is 3.24. The van der Waals surface area contributed by atoms with Crippen LogP contribution in [-0.4, -0.2) is 46.7 Å². The number of halogens is 1. The van der Waals surface area contributed by atoms with E-state index in [9.17, 15) is 19.6 Å². The number of hydrogen-bond donors (Lipinski definition) is 2. The second-order valence-electron chi connectivity index (χ2n) is 12.3. The number of hydrogen-bond acceptors (Lipinski definition) is 6. The molecule has 3 saturated carbocycles. The summed E-state index contributed by atoms with van der Waals surface area (Å²) < 4.78 is 5.68. The minimum Gasteiger partial charge on any atom is -0.508 e. The summed E-state index contributed by atoms with van der Waals surface area (Å²) in [7, 11) is 0. The van der Waals surface area contributed by atoms with Crippen molar-refractivity contribution in [1.29, 1.82) is 0 Å². The van der Waals surface area contributed by atoms with Crippen molar-refractivity contribution in [2.24, 2.45) is 28.5 Å². The zero-order valence-electron chi connectivity index (χ0n) is 23.5. The third-order valence-electron chi connectivity index (χ3n) is 9.90. The molecule has 0 aliphatic heterocycles. The molecule has 1 aromatic rings. The van der Waals surface area contributed by atoms with E-state index in [0.717, 1.165) is 55.9 Å². The number of carbonyl (C=O) groups excluding carboxylic acids is 2. The number of esters is 1. The van der Waals surface area contributed by atoms with Gasteiger partial charge in [0.2, 0.25) is 0 Å². The zero-order chi connectivity index (χ0) is 28.2. The number of fused-ring (bicyclic) bond motifs is 5. The van der Waals surface area contributed by atoms with Crippen molar-refractivity contribution in [3.63, 3.8) is 0 Å². The molecule has 3 fully saturated rings. The summed E-state index contributed by atoms with van der Waals surface area (Å²) in [5, 5.41) is 16.0. The summed E-state index contributed by atoms with van der Waals surface area (Å²) in [6, 6.07) is 5.67. The number of nitrogens with one attached hydrogen (secondary N) is 1. The summed E-state index contributed by atoms with van der Waals surface area (Å²) in [6.07, 6.45) is 11.1. The number of amides is 2. The Morgan fingerprint density at radius 2 is 1.90 bits per heavy atom. The Labute approximate surface area is 237 Å². The molecule has 2 N–H and O–H groups in total. The molecule has 0 radical (unpaired) electrons. The molecule has 1 aromatic carbocycles. The van der Waals surface area contributed by atoms with Crippen LogP contribution in [0.15, 0.2) is 23.5 Å². The molecule has 5 atom stereocenters. The topological polar surface area (TPSA) is 108 Å². The second kappa shape index (κ2) is 12.9. The molecule has 0 heterocycles. The van der Waals surface area contributed by atoms with Crippen LogP contribution in [0, 0.1) is 28.1 Å². The van der Waals surface area contributed by atoms with E-state index in [2.05, 4.69) is 30.5 Å². The number of phenols is 1. The molecule has 5 rings (SSSR count). The molecule has 216 valence electrons. The van der Waals surface area contributed by atoms with Crippen LogP contribution in [0.1, 0.15) is 95.6 Å². The standard InChI is InChI=1S/C20H26O3.C10H18ClN3O2/c1-12(21)23-19-8-7-18-17-5-3-13-11-14(22)4-6-15(13)16(17)9-10-20(18,19)2;1-8-2-4-9(5-3-8)12-10(15)14(13-16)7-6-11/h4,6,11,16-19,22H,3,5,7-10H2,1-2H3;8-9H,2-7H2,1H3,(H,12,15). The first-order chi connectivity index (χ1) is 18.7. The van der Waals surface area contributed by atoms with E-state index in [4.69, 9.17) is 16.3 Å². The molecule has 0 spiro atoms. The van der Waals surface area contributed by atoms with Crippen molar-refractivity contribution < 1.29 is 19.4 Å². The lowest BCUT2D eigenvalue weighted by atomic mass is 9.55. The van der Waals surface area contributed by atoms with Crippen molar-refractivity contribution in [3.8, 4) is 5.75 Å². The Hall–Kier alpha value is -2.35. The van der Waals surface area contributed by atoms with Crippen LogP contribution in [0.25, 0.3) is 0 Å². The number of nitrogens with zero attached hydrogens (tertiary/aromatic N) is 2. The van der Waals surface area contributed by atoms with Crippen LogP contribution >= 0.6 is 11.6 Å². The maximum Gasteiger partial charge on any atom is 0.340 e. The highest BCUT2D eigenvalue weighted by molar-refractivity contribution is 6.18. The van der Waals surface area contributed by atoms with Gasteiger partial charge in [-0.25, -0.2) is 4.79 Å². The smallest absolute Gasteiger partial charge is 0.340 e. The number of rotatable bonds is 5. The van der Waals surface area contributed by atoms with E-state index in [0.29, 0.717) is 23.5 Å². The number of aromatic hydroxyl groups is 1. The van der Waals surface area contributed by atoms with Crippen LogP contribution in [0.3, 0.4) is 0 Å². The summed E-state index contributed by atoms with van der Waals surface area (Å²) in [5.41, 5.74) is 2.95. The number of nitroso groups, excluding NO2 is 1. The van der Waals surface area contributed by atoms with Crippen molar-refractivity contribution in [3.05, 3.63) is 34.2 Å². The van der Waals surface area contributed by atoms with Crippen LogP contribution in [-0.2, 0) is 16.0 Å². The van der Waals surface area contributed by atoms with Gasteiger partial charge in [-0.3, -0.25) is 4.79 Å². The minimum atomic E-state index is -0.435. The van der Waals surface area contributed by atoms with Gasteiger partial charge in [0.15, 0.2) is 0 Å². The molecule has 2 amide bonds. The van der Waals surface area contributed by atoms with Crippen LogP contribution < -0.4 is 5.32 Å². The van der Waals surface area contributed by atoms with E-state index in [1.54, 1.807) is 0 Å². The van der Waals surface area contributed by atoms with Crippen molar-refractivity contribution >= 4 is 23.6 Å². The molecule has 4 aliphatic rings. The van der Waals surface area contributed by atoms with Crippen LogP contribution in [0.4, 0.5) is 4.79 Å². The van der Waals surface area contributed by atoms with Gasteiger partial charge in [-0.1, -0.05) is 19.9 Å². The number of ether oxygens (including phenoxy) is 1. The Kier molecular flexibility index (Phi) is 9.78. The largest absolute Gasteiger partial charge is 0.508 e. The Morgan fingerprint density at radius 1 is 1.15 bits per heavy atom. The number of benzene rings is 1. The van der Waals surface area contributed by atoms with Crippen molar-refractivity contribution in [2.75, 3.05) is 12.4 Å². The Morgan fingerprint density at radius 3 is 2.56 bits per heavy atom. The van der Waals surface area contributed by atoms with Gasteiger partial charge in [0.05, 0.1) is 11.8 Å². The molecular formula is C30H44ClN3O5. The first kappa shape index (κ1) is 29.6. The highest BCUT2D eigenvalue weighted by atomic mass is 35.5. The number of phenolic OH excluding ortho intramolecular Hbond substituents is 1. The molecule has 8 nitrogen and oxygen atoms in total. The predicted octanol–water partition coefficient (Wildman–Crippen LogP) is 6.68. The quantitative estimate of drug-likeness (QED) is 0.180. The number of carbonyl (C=O) groups is 2. The highest BCUT2D eigenvalue weighted by Gasteiger charge is 2.56. The van der Waals surface area contributed by atoms with Crippen LogP contribution in [0.5, 0.6) is 5.75 Å². The van der Waals surface area contributed by atoms with E-state index in [-0.39, 0.29) is 36.0 Å². The average molecular weight is 562 g/mol. The fourth-order valence-corrected chi connectivity index (χ4v) is 7.99. The highest BCUT2D eigenvalue weighted by Crippen LogP contribution is 2.61. The van der Waals surface area contributed by atoms with Crippen molar-refractivity contribution in [2.45, 2.75) is 103 Å². The molecule has 0 aromatic heterocycles. The monoisotopic (exact) mass is 561 g/mol. The van der Waals surface area contributed by atoms with E-state index < -0.39 is 6.03 Å². The third kappa shape index (κ3) is 6.69.